The maximum atomic E-state index is 12.8. The smallest absolute Gasteiger partial charge is 0.247 e. The number of sulfonamides is 1. The lowest BCUT2D eigenvalue weighted by Crippen LogP contribution is -2.65. The molecule has 0 aromatic heterocycles. The minimum atomic E-state index is -4.21. The number of nitrogens with one attached hydrogen (secondary N) is 1. The highest BCUT2D eigenvalue weighted by Crippen LogP contribution is 2.35. The van der Waals surface area contributed by atoms with Crippen LogP contribution in [-0.2, 0) is 19.6 Å². The minimum absolute atomic E-state index is 0.0725. The lowest BCUT2D eigenvalue weighted by molar-refractivity contribution is -0.141. The molecule has 2 amide bonds. The van der Waals surface area contributed by atoms with Crippen LogP contribution in [-0.4, -0.2) is 36.6 Å². The van der Waals surface area contributed by atoms with E-state index in [2.05, 4.69) is 5.32 Å². The fraction of sp³-hybridized carbons (Fsp3) is 0.333. The molecule has 1 aromatic rings. The summed E-state index contributed by atoms with van der Waals surface area (Å²) in [6.07, 6.45) is 0. The third kappa shape index (κ3) is 2.66. The Labute approximate surface area is 132 Å². The van der Waals surface area contributed by atoms with E-state index in [1.165, 1.54) is 32.0 Å². The largest absolute Gasteiger partial charge is 0.294 e. The Morgan fingerprint density at radius 2 is 1.71 bits per heavy atom. The van der Waals surface area contributed by atoms with E-state index in [0.29, 0.717) is 0 Å². The van der Waals surface area contributed by atoms with E-state index < -0.39 is 33.9 Å². The van der Waals surface area contributed by atoms with Crippen LogP contribution in [0.2, 0.25) is 10.0 Å². The molecular weight excluding hydrogens is 339 g/mol. The van der Waals surface area contributed by atoms with Crippen LogP contribution in [0.25, 0.3) is 0 Å². The molecule has 21 heavy (non-hydrogen) atoms. The first-order valence-corrected chi connectivity index (χ1v) is 8.09. The van der Waals surface area contributed by atoms with Gasteiger partial charge in [0.15, 0.2) is 0 Å². The summed E-state index contributed by atoms with van der Waals surface area (Å²) >= 11 is 11.8. The van der Waals surface area contributed by atoms with Gasteiger partial charge in [-0.2, -0.15) is 4.31 Å². The van der Waals surface area contributed by atoms with Crippen molar-refractivity contribution in [3.05, 3.63) is 28.2 Å². The summed E-state index contributed by atoms with van der Waals surface area (Å²) in [6, 6.07) is 4.25. The molecule has 0 radical (unpaired) electrons. The van der Waals surface area contributed by atoms with Gasteiger partial charge in [-0.25, -0.2) is 8.42 Å². The topological polar surface area (TPSA) is 83.6 Å². The van der Waals surface area contributed by atoms with Gasteiger partial charge in [0.05, 0.1) is 16.6 Å². The van der Waals surface area contributed by atoms with Crippen molar-refractivity contribution >= 4 is 45.0 Å². The average molecular weight is 351 g/mol. The summed E-state index contributed by atoms with van der Waals surface area (Å²) in [5.74, 6) is -1.41. The molecule has 0 bridgehead atoms. The van der Waals surface area contributed by atoms with Gasteiger partial charge < -0.3 is 0 Å². The third-order valence-electron chi connectivity index (χ3n) is 3.19. The zero-order chi connectivity index (χ0) is 16.0. The molecule has 2 rings (SSSR count). The molecule has 1 fully saturated rings. The summed E-state index contributed by atoms with van der Waals surface area (Å²) < 4.78 is 26.3. The summed E-state index contributed by atoms with van der Waals surface area (Å²) in [5.41, 5.74) is -1.44. The van der Waals surface area contributed by atoms with Crippen molar-refractivity contribution in [2.45, 2.75) is 24.3 Å². The highest BCUT2D eigenvalue weighted by molar-refractivity contribution is 7.89. The minimum Gasteiger partial charge on any atom is -0.294 e. The number of hydrogen-bond donors (Lipinski definition) is 1. The van der Waals surface area contributed by atoms with Crippen LogP contribution in [0.4, 0.5) is 0 Å². The number of carbonyl (C=O) groups excluding carboxylic acids is 2. The maximum Gasteiger partial charge on any atom is 0.247 e. The first kappa shape index (κ1) is 16.2. The Morgan fingerprint density at radius 3 is 2.24 bits per heavy atom. The zero-order valence-electron chi connectivity index (χ0n) is 11.2. The number of nitrogens with zero attached hydrogens (tertiary/aromatic N) is 1. The van der Waals surface area contributed by atoms with E-state index in [-0.39, 0.29) is 14.9 Å². The van der Waals surface area contributed by atoms with E-state index in [9.17, 15) is 18.0 Å². The Hall–Kier alpha value is -1.15. The number of carbonyl (C=O) groups is 2. The third-order valence-corrected chi connectivity index (χ3v) is 6.16. The summed E-state index contributed by atoms with van der Waals surface area (Å²) in [4.78, 5) is 23.1. The first-order chi connectivity index (χ1) is 9.58. The van der Waals surface area contributed by atoms with E-state index >= 15 is 0 Å². The standard InChI is InChI=1S/C12H12Cl2N2O4S/c1-12(2)11(18)15-9(17)6-16(12)21(19,20)10-7(13)4-3-5-8(10)14/h3-5H,6H2,1-2H3,(H,15,17,18). The van der Waals surface area contributed by atoms with Crippen LogP contribution < -0.4 is 5.32 Å². The van der Waals surface area contributed by atoms with E-state index in [4.69, 9.17) is 23.2 Å². The molecule has 9 heteroatoms. The van der Waals surface area contributed by atoms with Crippen molar-refractivity contribution in [2.24, 2.45) is 0 Å². The molecule has 0 atom stereocenters. The Bertz CT molecular complexity index is 711. The molecule has 114 valence electrons. The lowest BCUT2D eigenvalue weighted by Gasteiger charge is -2.39. The molecular formula is C12H12Cl2N2O4S. The second-order valence-corrected chi connectivity index (χ2v) is 7.61. The monoisotopic (exact) mass is 350 g/mol. The van der Waals surface area contributed by atoms with Crippen molar-refractivity contribution in [3.8, 4) is 0 Å². The van der Waals surface area contributed by atoms with E-state index in [0.717, 1.165) is 4.31 Å². The number of imide groups is 1. The normalized spacial score (nSPS) is 19.4. The molecule has 1 aliphatic rings. The molecule has 1 heterocycles. The summed E-state index contributed by atoms with van der Waals surface area (Å²) in [7, 11) is -4.21. The van der Waals surface area contributed by atoms with Crippen LogP contribution in [0.15, 0.2) is 23.1 Å². The number of piperazine rings is 1. The summed E-state index contributed by atoms with van der Waals surface area (Å²) in [6.45, 7) is 2.32. The van der Waals surface area contributed by atoms with Gasteiger partial charge >= 0.3 is 0 Å². The van der Waals surface area contributed by atoms with Gasteiger partial charge in [0.1, 0.15) is 10.4 Å². The van der Waals surface area contributed by atoms with E-state index in [1.54, 1.807) is 0 Å². The molecule has 1 aliphatic heterocycles. The van der Waals surface area contributed by atoms with Crippen LogP contribution in [0.1, 0.15) is 13.8 Å². The van der Waals surface area contributed by atoms with Crippen molar-refractivity contribution in [3.63, 3.8) is 0 Å². The second-order valence-electron chi connectivity index (χ2n) is 5.00. The fourth-order valence-corrected chi connectivity index (χ4v) is 4.79. The predicted molar refractivity (Wildman–Crippen MR) is 77.6 cm³/mol. The number of hydrogen-bond acceptors (Lipinski definition) is 4. The Morgan fingerprint density at radius 1 is 1.19 bits per heavy atom. The van der Waals surface area contributed by atoms with Crippen molar-refractivity contribution in [1.29, 1.82) is 0 Å². The molecule has 1 N–H and O–H groups in total. The van der Waals surface area contributed by atoms with Gasteiger partial charge in [-0.1, -0.05) is 29.3 Å². The van der Waals surface area contributed by atoms with Crippen LogP contribution in [0.3, 0.4) is 0 Å². The zero-order valence-corrected chi connectivity index (χ0v) is 13.5. The fourth-order valence-electron chi connectivity index (χ4n) is 1.99. The Kier molecular flexibility index (Phi) is 4.05. The SMILES string of the molecule is CC1(C)C(=O)NC(=O)CN1S(=O)(=O)c1c(Cl)cccc1Cl. The first-order valence-electron chi connectivity index (χ1n) is 5.89. The van der Waals surface area contributed by atoms with Gasteiger partial charge in [0.25, 0.3) is 0 Å². The second kappa shape index (κ2) is 5.24. The van der Waals surface area contributed by atoms with E-state index in [1.807, 2.05) is 0 Å². The molecule has 1 aromatic carbocycles. The Balaban J connectivity index is 2.63. The van der Waals surface area contributed by atoms with Crippen molar-refractivity contribution < 1.29 is 18.0 Å². The number of rotatable bonds is 2. The van der Waals surface area contributed by atoms with Gasteiger partial charge in [-0.3, -0.25) is 14.9 Å². The summed E-state index contributed by atoms with van der Waals surface area (Å²) in [5, 5.41) is 1.96. The van der Waals surface area contributed by atoms with Gasteiger partial charge in [0.2, 0.25) is 21.8 Å². The van der Waals surface area contributed by atoms with Gasteiger partial charge in [-0.05, 0) is 26.0 Å². The molecule has 1 saturated heterocycles. The molecule has 0 saturated carbocycles. The van der Waals surface area contributed by atoms with Gasteiger partial charge in [0, 0.05) is 0 Å². The molecule has 0 spiro atoms. The number of benzene rings is 1. The van der Waals surface area contributed by atoms with Crippen molar-refractivity contribution in [1.82, 2.24) is 9.62 Å². The molecule has 6 nitrogen and oxygen atoms in total. The van der Waals surface area contributed by atoms with Gasteiger partial charge in [-0.15, -0.1) is 0 Å². The maximum absolute atomic E-state index is 12.8. The molecule has 0 aliphatic carbocycles. The molecule has 0 unspecified atom stereocenters. The quantitative estimate of drug-likeness (QED) is 0.817. The lowest BCUT2D eigenvalue weighted by atomic mass is 10.0. The van der Waals surface area contributed by atoms with Crippen LogP contribution in [0, 0.1) is 0 Å². The highest BCUT2D eigenvalue weighted by Gasteiger charge is 2.48. The number of halogens is 2. The van der Waals surface area contributed by atoms with Crippen LogP contribution >= 0.6 is 23.2 Å². The van der Waals surface area contributed by atoms with Crippen LogP contribution in [0.5, 0.6) is 0 Å². The van der Waals surface area contributed by atoms with Crippen molar-refractivity contribution in [2.75, 3.05) is 6.54 Å². The number of amides is 2. The predicted octanol–water partition coefficient (Wildman–Crippen LogP) is 1.42. The highest BCUT2D eigenvalue weighted by atomic mass is 35.5. The average Bonchev–Trinajstić information content (AvgIpc) is 2.33.